The van der Waals surface area contributed by atoms with E-state index in [1.807, 2.05) is 43.7 Å². The van der Waals surface area contributed by atoms with Gasteiger partial charge in [0.1, 0.15) is 11.3 Å². The van der Waals surface area contributed by atoms with Crippen molar-refractivity contribution in [3.05, 3.63) is 48.4 Å². The van der Waals surface area contributed by atoms with Crippen LogP contribution in [-0.2, 0) is 20.1 Å². The first-order chi connectivity index (χ1) is 11.3. The van der Waals surface area contributed by atoms with Gasteiger partial charge in [0.05, 0.1) is 13.1 Å². The lowest BCUT2D eigenvalue weighted by molar-refractivity contribution is 0.112. The van der Waals surface area contributed by atoms with Crippen molar-refractivity contribution >= 4 is 11.1 Å². The molecule has 0 atom stereocenters. The average Bonchev–Trinajstić information content (AvgIpc) is 3.15. The predicted molar refractivity (Wildman–Crippen MR) is 87.8 cm³/mol. The second-order valence-corrected chi connectivity index (χ2v) is 6.08. The van der Waals surface area contributed by atoms with E-state index >= 15 is 0 Å². The number of aryl methyl sites for hydroxylation is 1. The Balaban J connectivity index is 1.33. The van der Waals surface area contributed by atoms with Crippen molar-refractivity contribution in [2.24, 2.45) is 7.05 Å². The Hall–Kier alpha value is -2.18. The van der Waals surface area contributed by atoms with Crippen LogP contribution in [0.1, 0.15) is 11.7 Å². The molecule has 120 valence electrons. The lowest BCUT2D eigenvalue weighted by Gasteiger charge is -2.33. The molecule has 1 aliphatic rings. The Morgan fingerprint density at radius 3 is 2.48 bits per heavy atom. The molecule has 4 rings (SSSR count). The topological polar surface area (TPSA) is 50.3 Å². The minimum absolute atomic E-state index is 0.783. The summed E-state index contributed by atoms with van der Waals surface area (Å²) in [5, 5.41) is 0. The highest BCUT2D eigenvalue weighted by Crippen LogP contribution is 2.17. The third kappa shape index (κ3) is 3.13. The monoisotopic (exact) mass is 311 g/mol. The SMILES string of the molecule is Cn1ccnc1CN1CCN(Cc2nc3ccccc3o2)CC1. The zero-order valence-electron chi connectivity index (χ0n) is 13.4. The fraction of sp³-hybridized carbons (Fsp3) is 0.412. The maximum atomic E-state index is 5.82. The van der Waals surface area contributed by atoms with E-state index in [0.29, 0.717) is 0 Å². The molecule has 1 saturated heterocycles. The van der Waals surface area contributed by atoms with Gasteiger partial charge >= 0.3 is 0 Å². The third-order valence-corrected chi connectivity index (χ3v) is 4.45. The zero-order valence-corrected chi connectivity index (χ0v) is 13.4. The summed E-state index contributed by atoms with van der Waals surface area (Å²) in [5.74, 6) is 1.93. The van der Waals surface area contributed by atoms with Gasteiger partial charge in [0.25, 0.3) is 0 Å². The molecular formula is C17H21N5O. The largest absolute Gasteiger partial charge is 0.439 e. The van der Waals surface area contributed by atoms with Crippen LogP contribution in [0.2, 0.25) is 0 Å². The normalized spacial score (nSPS) is 17.1. The van der Waals surface area contributed by atoms with Crippen LogP contribution in [0.25, 0.3) is 11.1 Å². The number of para-hydroxylation sites is 2. The molecule has 0 radical (unpaired) electrons. The highest BCUT2D eigenvalue weighted by molar-refractivity contribution is 5.72. The number of hydrogen-bond donors (Lipinski definition) is 0. The average molecular weight is 311 g/mol. The molecular weight excluding hydrogens is 290 g/mol. The van der Waals surface area contributed by atoms with Crippen LogP contribution < -0.4 is 0 Å². The van der Waals surface area contributed by atoms with Crippen LogP contribution in [0.3, 0.4) is 0 Å². The van der Waals surface area contributed by atoms with Crippen LogP contribution in [0.4, 0.5) is 0 Å². The van der Waals surface area contributed by atoms with Crippen LogP contribution in [-0.4, -0.2) is 50.5 Å². The Morgan fingerprint density at radius 1 is 1.04 bits per heavy atom. The quantitative estimate of drug-likeness (QED) is 0.736. The van der Waals surface area contributed by atoms with E-state index in [1.165, 1.54) is 0 Å². The van der Waals surface area contributed by atoms with Crippen LogP contribution >= 0.6 is 0 Å². The number of nitrogens with zero attached hydrogens (tertiary/aromatic N) is 5. The van der Waals surface area contributed by atoms with Crippen LogP contribution in [0.5, 0.6) is 0 Å². The number of oxazole rings is 1. The molecule has 1 fully saturated rings. The molecule has 23 heavy (non-hydrogen) atoms. The summed E-state index contributed by atoms with van der Waals surface area (Å²) in [7, 11) is 2.05. The van der Waals surface area contributed by atoms with Crippen molar-refractivity contribution in [1.82, 2.24) is 24.3 Å². The second kappa shape index (κ2) is 6.14. The Bertz CT molecular complexity index is 752. The van der Waals surface area contributed by atoms with Crippen molar-refractivity contribution < 1.29 is 4.42 Å². The van der Waals surface area contributed by atoms with E-state index in [9.17, 15) is 0 Å². The molecule has 1 aromatic carbocycles. The molecule has 3 heterocycles. The van der Waals surface area contributed by atoms with Gasteiger partial charge in [-0.1, -0.05) is 12.1 Å². The number of piperazine rings is 1. The van der Waals surface area contributed by atoms with Gasteiger partial charge in [-0.05, 0) is 12.1 Å². The zero-order chi connectivity index (χ0) is 15.6. The first-order valence-electron chi connectivity index (χ1n) is 8.03. The molecule has 0 unspecified atom stereocenters. The maximum Gasteiger partial charge on any atom is 0.209 e. The summed E-state index contributed by atoms with van der Waals surface area (Å²) in [6.45, 7) is 5.86. The summed E-state index contributed by atoms with van der Waals surface area (Å²) < 4.78 is 7.91. The highest BCUT2D eigenvalue weighted by atomic mass is 16.3. The van der Waals surface area contributed by atoms with E-state index in [1.54, 1.807) is 0 Å². The number of aromatic nitrogens is 3. The molecule has 2 aromatic heterocycles. The van der Waals surface area contributed by atoms with Gasteiger partial charge in [0.15, 0.2) is 5.58 Å². The van der Waals surface area contributed by atoms with Crippen LogP contribution in [0, 0.1) is 0 Å². The van der Waals surface area contributed by atoms with Gasteiger partial charge in [-0.2, -0.15) is 0 Å². The molecule has 0 amide bonds. The van der Waals surface area contributed by atoms with Gasteiger partial charge in [-0.3, -0.25) is 9.80 Å². The van der Waals surface area contributed by atoms with Crippen LogP contribution in [0.15, 0.2) is 41.1 Å². The van der Waals surface area contributed by atoms with E-state index in [-0.39, 0.29) is 0 Å². The number of fused-ring (bicyclic) bond motifs is 1. The number of imidazole rings is 1. The van der Waals surface area contributed by atoms with Gasteiger partial charge in [-0.25, -0.2) is 9.97 Å². The second-order valence-electron chi connectivity index (χ2n) is 6.08. The van der Waals surface area contributed by atoms with Gasteiger partial charge in [0, 0.05) is 45.6 Å². The first kappa shape index (κ1) is 14.4. The lowest BCUT2D eigenvalue weighted by Crippen LogP contribution is -2.45. The standard InChI is InChI=1S/C17H21N5O/c1-20-7-6-18-16(20)12-21-8-10-22(11-9-21)13-17-19-14-4-2-3-5-15(14)23-17/h2-7H,8-13H2,1H3. The molecule has 1 aliphatic heterocycles. The maximum absolute atomic E-state index is 5.82. The predicted octanol–water partition coefficient (Wildman–Crippen LogP) is 1.88. The summed E-state index contributed by atoms with van der Waals surface area (Å²) in [6, 6.07) is 7.93. The molecule has 0 aliphatic carbocycles. The molecule has 6 heteroatoms. The third-order valence-electron chi connectivity index (χ3n) is 4.45. The smallest absolute Gasteiger partial charge is 0.209 e. The number of rotatable bonds is 4. The Morgan fingerprint density at radius 2 is 1.78 bits per heavy atom. The molecule has 0 saturated carbocycles. The number of hydrogen-bond acceptors (Lipinski definition) is 5. The van der Waals surface area contributed by atoms with E-state index in [4.69, 9.17) is 4.42 Å². The molecule has 6 nitrogen and oxygen atoms in total. The lowest BCUT2D eigenvalue weighted by atomic mass is 10.3. The van der Waals surface area contributed by atoms with Crippen molar-refractivity contribution in [2.75, 3.05) is 26.2 Å². The van der Waals surface area contributed by atoms with Gasteiger partial charge in [-0.15, -0.1) is 0 Å². The minimum atomic E-state index is 0.783. The number of benzene rings is 1. The van der Waals surface area contributed by atoms with Gasteiger partial charge in [0.2, 0.25) is 5.89 Å². The molecule has 3 aromatic rings. The molecule has 0 spiro atoms. The molecule has 0 bridgehead atoms. The Kier molecular flexibility index (Phi) is 3.85. The van der Waals surface area contributed by atoms with Crippen molar-refractivity contribution in [1.29, 1.82) is 0 Å². The van der Waals surface area contributed by atoms with Gasteiger partial charge < -0.3 is 8.98 Å². The van der Waals surface area contributed by atoms with E-state index in [2.05, 4.69) is 24.3 Å². The van der Waals surface area contributed by atoms with Crippen molar-refractivity contribution in [3.8, 4) is 0 Å². The summed E-state index contributed by atoms with van der Waals surface area (Å²) >= 11 is 0. The van der Waals surface area contributed by atoms with Crippen molar-refractivity contribution in [3.63, 3.8) is 0 Å². The van der Waals surface area contributed by atoms with E-state index in [0.717, 1.165) is 62.1 Å². The minimum Gasteiger partial charge on any atom is -0.439 e. The fourth-order valence-corrected chi connectivity index (χ4v) is 3.03. The summed E-state index contributed by atoms with van der Waals surface area (Å²) in [6.07, 6.45) is 3.86. The fourth-order valence-electron chi connectivity index (χ4n) is 3.03. The summed E-state index contributed by atoms with van der Waals surface area (Å²) in [5.41, 5.74) is 1.81. The molecule has 0 N–H and O–H groups in total. The Labute approximate surface area is 135 Å². The summed E-state index contributed by atoms with van der Waals surface area (Å²) in [4.78, 5) is 13.8. The van der Waals surface area contributed by atoms with Crippen molar-refractivity contribution in [2.45, 2.75) is 13.1 Å². The first-order valence-corrected chi connectivity index (χ1v) is 8.03. The highest BCUT2D eigenvalue weighted by Gasteiger charge is 2.19. The van der Waals surface area contributed by atoms with E-state index < -0.39 is 0 Å².